The average Bonchev–Trinajstić information content (AvgIpc) is 3.39. The highest BCUT2D eigenvalue weighted by atomic mass is 28.2. The van der Waals surface area contributed by atoms with Crippen LogP contribution in [0.25, 0.3) is 10.9 Å². The minimum Gasteiger partial charge on any atom is -0.506 e. The summed E-state index contributed by atoms with van der Waals surface area (Å²) in [6, 6.07) is 40.2. The molecule has 2 fully saturated rings. The SMILES string of the molecule is O=C(NCC(=O)N1CCC(COc2cccc(C(O)([Si]c3ccccc3)C(=O)OCC3CCN(Cc4ccccc4)CC3)c2)CC1)c1ccc(CCNC[C@H](O)c2ccc(O)c3[nH]c(=O)ccc23)cc1. The summed E-state index contributed by atoms with van der Waals surface area (Å²) >= 11 is 0. The molecule has 2 atom stereocenters. The van der Waals surface area contributed by atoms with Crippen molar-refractivity contribution in [2.24, 2.45) is 11.8 Å². The van der Waals surface area contributed by atoms with Gasteiger partial charge in [0.1, 0.15) is 21.0 Å². The van der Waals surface area contributed by atoms with Crippen LogP contribution in [0.2, 0.25) is 0 Å². The molecule has 2 amide bonds. The zero-order valence-electron chi connectivity index (χ0n) is 39.2. The fraction of sp³-hybridized carbons (Fsp3) is 0.345. The number of esters is 1. The number of aromatic hydroxyl groups is 1. The number of pyridine rings is 1. The highest BCUT2D eigenvalue weighted by molar-refractivity contribution is 6.60. The summed E-state index contributed by atoms with van der Waals surface area (Å²) in [5, 5.41) is 38.7. The van der Waals surface area contributed by atoms with Crippen molar-refractivity contribution in [3.05, 3.63) is 172 Å². The van der Waals surface area contributed by atoms with Gasteiger partial charge in [-0.3, -0.25) is 19.3 Å². The van der Waals surface area contributed by atoms with Crippen molar-refractivity contribution >= 4 is 43.4 Å². The number of likely N-dealkylation sites (tertiary alicyclic amines) is 2. The monoisotopic (exact) mass is 963 g/mol. The van der Waals surface area contributed by atoms with Gasteiger partial charge in [0.25, 0.3) is 5.91 Å². The van der Waals surface area contributed by atoms with E-state index >= 15 is 0 Å². The first kappa shape index (κ1) is 49.8. The van der Waals surface area contributed by atoms with E-state index in [1.807, 2.05) is 54.6 Å². The maximum atomic E-state index is 13.9. The molecule has 0 saturated carbocycles. The lowest BCUT2D eigenvalue weighted by Gasteiger charge is -2.33. The maximum Gasteiger partial charge on any atom is 0.338 e. The number of nitrogens with zero attached hydrogens (tertiary/aromatic N) is 2. The van der Waals surface area contributed by atoms with Gasteiger partial charge in [0.05, 0.1) is 31.4 Å². The number of ether oxygens (including phenoxy) is 2. The number of carbonyl (C=O) groups excluding carboxylic acids is 3. The molecular weight excluding hydrogens is 903 g/mol. The number of phenolic OH excluding ortho intramolecular Hbond substituents is 1. The number of hydrogen-bond acceptors (Lipinski definition) is 11. The van der Waals surface area contributed by atoms with Crippen LogP contribution in [-0.2, 0) is 32.5 Å². The van der Waals surface area contributed by atoms with E-state index in [1.165, 1.54) is 17.7 Å². The summed E-state index contributed by atoms with van der Waals surface area (Å²) in [5.41, 5.74) is 3.66. The van der Waals surface area contributed by atoms with Crippen LogP contribution in [0.1, 0.15) is 64.4 Å². The van der Waals surface area contributed by atoms with Crippen molar-refractivity contribution in [1.82, 2.24) is 25.4 Å². The summed E-state index contributed by atoms with van der Waals surface area (Å²) in [4.78, 5) is 58.6. The molecule has 0 bridgehead atoms. The van der Waals surface area contributed by atoms with E-state index < -0.39 is 17.3 Å². The third-order valence-corrected chi connectivity index (χ3v) is 14.8. The normalized spacial score (nSPS) is 16.1. The molecule has 8 rings (SSSR count). The summed E-state index contributed by atoms with van der Waals surface area (Å²) < 4.78 is 12.2. The number of phenols is 1. The minimum atomic E-state index is -1.90. The number of nitrogens with one attached hydrogen (secondary N) is 3. The molecule has 0 spiro atoms. The third-order valence-electron chi connectivity index (χ3n) is 13.3. The van der Waals surface area contributed by atoms with Gasteiger partial charge < -0.3 is 45.3 Å². The average molecular weight is 964 g/mol. The van der Waals surface area contributed by atoms with Gasteiger partial charge in [-0.05, 0) is 122 Å². The molecule has 1 aromatic heterocycles. The van der Waals surface area contributed by atoms with Crippen molar-refractivity contribution in [3.8, 4) is 11.5 Å². The number of aromatic nitrogens is 1. The fourth-order valence-electron chi connectivity index (χ4n) is 9.12. The van der Waals surface area contributed by atoms with Gasteiger partial charge in [0, 0.05) is 43.2 Å². The Morgan fingerprint density at radius 2 is 1.49 bits per heavy atom. The maximum absolute atomic E-state index is 13.9. The lowest BCUT2D eigenvalue weighted by Crippen LogP contribution is -2.48. The molecule has 2 aliphatic heterocycles. The Hall–Kier alpha value is -6.62. The van der Waals surface area contributed by atoms with Crippen molar-refractivity contribution in [1.29, 1.82) is 0 Å². The van der Waals surface area contributed by atoms with E-state index in [0.29, 0.717) is 60.5 Å². The first-order chi connectivity index (χ1) is 34.0. The van der Waals surface area contributed by atoms with Crippen LogP contribution in [0.4, 0.5) is 0 Å². The molecule has 3 heterocycles. The summed E-state index contributed by atoms with van der Waals surface area (Å²) in [7, 11) is -0.282. The van der Waals surface area contributed by atoms with Crippen LogP contribution < -0.4 is 26.1 Å². The molecule has 6 aromatic rings. The standard InChI is InChI=1S/C55H61N5O9Si/c61-48-20-18-46(47-19-21-50(63)58-52(47)48)49(62)33-56-27-22-38-14-16-42(17-15-38)53(65)57-34-51(64)60-30-25-41(26-31-60)36-68-44-11-7-10-43(32-44)55(67,70-45-12-5-2-6-13-45)54(66)69-37-40-23-28-59(29-24-40)35-39-8-3-1-4-9-39/h1-21,32,40-41,49,56,61-62,67H,22-31,33-37H2,(H,57,65)(H,58,63)/t49-,55?/m0/s1. The Morgan fingerprint density at radius 1 is 0.786 bits per heavy atom. The number of aliphatic hydroxyl groups excluding tert-OH is 1. The highest BCUT2D eigenvalue weighted by Crippen LogP contribution is 2.30. The number of piperidine rings is 2. The van der Waals surface area contributed by atoms with Crippen LogP contribution >= 0.6 is 0 Å². The smallest absolute Gasteiger partial charge is 0.338 e. The summed E-state index contributed by atoms with van der Waals surface area (Å²) in [6.45, 7) is 5.17. The lowest BCUT2D eigenvalue weighted by atomic mass is 9.97. The Balaban J connectivity index is 0.753. The van der Waals surface area contributed by atoms with Crippen molar-refractivity contribution < 1.29 is 39.2 Å². The number of amides is 2. The van der Waals surface area contributed by atoms with Gasteiger partial charge in [-0.25, -0.2) is 4.79 Å². The van der Waals surface area contributed by atoms with E-state index in [1.54, 1.807) is 47.4 Å². The second-order valence-corrected chi connectivity index (χ2v) is 19.9. The Kier molecular flexibility index (Phi) is 16.9. The first-order valence-corrected chi connectivity index (χ1v) is 25.1. The Labute approximate surface area is 410 Å². The van der Waals surface area contributed by atoms with Crippen LogP contribution in [-0.4, -0.2) is 116 Å². The van der Waals surface area contributed by atoms with Gasteiger partial charge >= 0.3 is 5.97 Å². The lowest BCUT2D eigenvalue weighted by molar-refractivity contribution is -0.160. The predicted octanol–water partition coefficient (Wildman–Crippen LogP) is 4.78. The Morgan fingerprint density at radius 3 is 2.23 bits per heavy atom. The number of carbonyl (C=O) groups is 3. The molecule has 15 heteroatoms. The molecule has 6 N–H and O–H groups in total. The molecule has 2 radical (unpaired) electrons. The van der Waals surface area contributed by atoms with Crippen LogP contribution in [0.15, 0.2) is 138 Å². The Bertz CT molecular complexity index is 2740. The van der Waals surface area contributed by atoms with Crippen LogP contribution in [0.5, 0.6) is 11.5 Å². The molecule has 5 aromatic carbocycles. The van der Waals surface area contributed by atoms with Gasteiger partial charge in [-0.15, -0.1) is 0 Å². The number of hydrogen-bond donors (Lipinski definition) is 6. The van der Waals surface area contributed by atoms with Crippen molar-refractivity contribution in [3.63, 3.8) is 0 Å². The first-order valence-electron chi connectivity index (χ1n) is 24.1. The topological polar surface area (TPSA) is 194 Å². The van der Waals surface area contributed by atoms with E-state index in [2.05, 4.69) is 44.8 Å². The molecule has 14 nitrogen and oxygen atoms in total. The largest absolute Gasteiger partial charge is 0.506 e. The fourth-order valence-corrected chi connectivity index (χ4v) is 10.4. The molecule has 70 heavy (non-hydrogen) atoms. The second kappa shape index (κ2) is 23.8. The molecule has 0 aliphatic carbocycles. The van der Waals surface area contributed by atoms with Gasteiger partial charge in [0.2, 0.25) is 11.5 Å². The third kappa shape index (κ3) is 13.2. The molecule has 2 saturated heterocycles. The highest BCUT2D eigenvalue weighted by Gasteiger charge is 2.41. The number of aromatic amines is 1. The number of rotatable bonds is 20. The minimum absolute atomic E-state index is 0.0639. The van der Waals surface area contributed by atoms with Crippen molar-refractivity contribution in [2.45, 2.75) is 50.0 Å². The molecule has 364 valence electrons. The number of H-pyrrole nitrogens is 1. The van der Waals surface area contributed by atoms with Crippen molar-refractivity contribution in [2.75, 3.05) is 59.0 Å². The molecule has 2 aliphatic rings. The van der Waals surface area contributed by atoms with E-state index in [0.717, 1.165) is 56.1 Å². The van der Waals surface area contributed by atoms with E-state index in [9.17, 15) is 34.5 Å². The van der Waals surface area contributed by atoms with Crippen LogP contribution in [0.3, 0.4) is 0 Å². The van der Waals surface area contributed by atoms with E-state index in [4.69, 9.17) is 9.47 Å². The number of fused-ring (bicyclic) bond motifs is 1. The van der Waals surface area contributed by atoms with Crippen LogP contribution in [0, 0.1) is 11.8 Å². The molecule has 1 unspecified atom stereocenters. The number of aliphatic hydroxyl groups is 2. The zero-order chi connectivity index (χ0) is 48.9. The second-order valence-electron chi connectivity index (χ2n) is 18.3. The summed E-state index contributed by atoms with van der Waals surface area (Å²) in [6.07, 6.45) is 3.05. The quantitative estimate of drug-likeness (QED) is 0.0351. The van der Waals surface area contributed by atoms with Gasteiger partial charge in [-0.1, -0.05) is 96.2 Å². The zero-order valence-corrected chi connectivity index (χ0v) is 40.2. The van der Waals surface area contributed by atoms with Gasteiger partial charge in [-0.2, -0.15) is 0 Å². The van der Waals surface area contributed by atoms with E-state index in [-0.39, 0.29) is 69.7 Å². The predicted molar refractivity (Wildman–Crippen MR) is 269 cm³/mol. The summed E-state index contributed by atoms with van der Waals surface area (Å²) in [5.74, 6) is -0.284. The van der Waals surface area contributed by atoms with Gasteiger partial charge in [0.15, 0.2) is 5.22 Å². The molecular formula is C55H61N5O9Si. The number of benzene rings is 5.